The molecular weight excluding hydrogens is 480 g/mol. The number of carbonyl (C=O) groups excluding carboxylic acids is 1. The highest BCUT2D eigenvalue weighted by molar-refractivity contribution is 7.07. The molecule has 1 atom stereocenters. The first-order chi connectivity index (χ1) is 17.4. The molecule has 3 aromatic rings. The number of carbonyl (C=O) groups is 1. The lowest BCUT2D eigenvalue weighted by Gasteiger charge is -2.24. The van der Waals surface area contributed by atoms with Gasteiger partial charge in [-0.1, -0.05) is 42.2 Å². The molecule has 0 aliphatic carbocycles. The van der Waals surface area contributed by atoms with Gasteiger partial charge in [-0.15, -0.1) is 0 Å². The number of ether oxygens (including phenoxy) is 3. The van der Waals surface area contributed by atoms with Crippen LogP contribution in [0.1, 0.15) is 31.0 Å². The van der Waals surface area contributed by atoms with E-state index in [1.165, 1.54) is 35.2 Å². The van der Waals surface area contributed by atoms with Crippen LogP contribution in [0.3, 0.4) is 0 Å². The third-order valence-electron chi connectivity index (χ3n) is 5.58. The first-order valence-electron chi connectivity index (χ1n) is 11.3. The Morgan fingerprint density at radius 3 is 2.67 bits per heavy atom. The number of allylic oxidation sites excluding steroid dienone is 1. The lowest BCUT2D eigenvalue weighted by Crippen LogP contribution is -2.39. The van der Waals surface area contributed by atoms with Crippen LogP contribution in [0.25, 0.3) is 6.08 Å². The van der Waals surface area contributed by atoms with E-state index >= 15 is 0 Å². The summed E-state index contributed by atoms with van der Waals surface area (Å²) >= 11 is 1.22. The summed E-state index contributed by atoms with van der Waals surface area (Å²) in [6.07, 6.45) is 3.19. The van der Waals surface area contributed by atoms with Crippen LogP contribution in [0.4, 0.5) is 0 Å². The maximum atomic E-state index is 13.7. The van der Waals surface area contributed by atoms with Crippen LogP contribution in [0.15, 0.2) is 76.2 Å². The summed E-state index contributed by atoms with van der Waals surface area (Å²) in [7, 11) is 1.46. The van der Waals surface area contributed by atoms with Crippen molar-refractivity contribution in [1.82, 2.24) is 4.57 Å². The number of benzene rings is 2. The minimum Gasteiger partial charge on any atom is -0.504 e. The molecule has 0 bridgehead atoms. The van der Waals surface area contributed by atoms with Crippen LogP contribution in [-0.4, -0.2) is 36.0 Å². The molecule has 8 nitrogen and oxygen atoms in total. The zero-order valence-electron chi connectivity index (χ0n) is 20.2. The predicted molar refractivity (Wildman–Crippen MR) is 137 cm³/mol. The number of esters is 1. The smallest absolute Gasteiger partial charge is 0.338 e. The summed E-state index contributed by atoms with van der Waals surface area (Å²) in [6.45, 7) is 7.79. The molecule has 2 aromatic carbocycles. The van der Waals surface area contributed by atoms with E-state index in [2.05, 4.69) is 11.6 Å². The SMILES string of the molecule is C=CCOC(=O)C1=C(C)N=c2sc(=Cc3ccc(O)c(OC)c3)c(=O)n2C1c1ccc(OCC)cc1. The minimum atomic E-state index is -0.731. The molecule has 0 saturated carbocycles. The van der Waals surface area contributed by atoms with Crippen molar-refractivity contribution in [3.05, 3.63) is 97.2 Å². The predicted octanol–water partition coefficient (Wildman–Crippen LogP) is 3.08. The molecule has 1 unspecified atom stereocenters. The third-order valence-corrected chi connectivity index (χ3v) is 6.57. The molecule has 0 spiro atoms. The topological polar surface area (TPSA) is 99.4 Å². The molecule has 1 aliphatic rings. The van der Waals surface area contributed by atoms with Crippen molar-refractivity contribution in [2.75, 3.05) is 20.3 Å². The zero-order chi connectivity index (χ0) is 25.8. The molecule has 9 heteroatoms. The lowest BCUT2D eigenvalue weighted by atomic mass is 9.96. The van der Waals surface area contributed by atoms with Crippen LogP contribution in [0, 0.1) is 0 Å². The Kier molecular flexibility index (Phi) is 7.40. The van der Waals surface area contributed by atoms with Crippen molar-refractivity contribution < 1.29 is 24.1 Å². The Bertz CT molecular complexity index is 1520. The molecule has 1 N–H and O–H groups in total. The maximum absolute atomic E-state index is 13.7. The van der Waals surface area contributed by atoms with Crippen LogP contribution < -0.4 is 24.4 Å². The molecule has 4 rings (SSSR count). The van der Waals surface area contributed by atoms with E-state index in [-0.39, 0.29) is 23.5 Å². The van der Waals surface area contributed by atoms with E-state index in [0.717, 1.165) is 5.56 Å². The van der Waals surface area contributed by atoms with Gasteiger partial charge in [0.15, 0.2) is 16.3 Å². The molecule has 0 saturated heterocycles. The van der Waals surface area contributed by atoms with Gasteiger partial charge in [0, 0.05) is 0 Å². The number of aromatic nitrogens is 1. The standard InChI is InChI=1S/C27H26N2O6S/c1-5-13-35-26(32)23-16(3)28-27-29(24(23)18-8-10-19(11-9-18)34-6-2)25(31)22(36-27)15-17-7-12-20(30)21(14-17)33-4/h5,7-12,14-15,24,30H,1,6,13H2,2-4H3. The number of thiazole rings is 1. The molecule has 2 heterocycles. The Hall–Kier alpha value is -4.11. The van der Waals surface area contributed by atoms with E-state index < -0.39 is 12.0 Å². The highest BCUT2D eigenvalue weighted by Crippen LogP contribution is 2.32. The molecule has 0 amide bonds. The molecule has 36 heavy (non-hydrogen) atoms. The van der Waals surface area contributed by atoms with Gasteiger partial charge in [-0.3, -0.25) is 9.36 Å². The lowest BCUT2D eigenvalue weighted by molar-refractivity contribution is -0.138. The highest BCUT2D eigenvalue weighted by Gasteiger charge is 2.33. The highest BCUT2D eigenvalue weighted by atomic mass is 32.1. The van der Waals surface area contributed by atoms with Gasteiger partial charge in [0.05, 0.1) is 35.6 Å². The van der Waals surface area contributed by atoms with Crippen LogP contribution in [0.2, 0.25) is 0 Å². The number of nitrogens with zero attached hydrogens (tertiary/aromatic N) is 2. The van der Waals surface area contributed by atoms with E-state index in [1.54, 1.807) is 37.3 Å². The molecular formula is C27H26N2O6S. The Labute approximate surface area is 211 Å². The van der Waals surface area contributed by atoms with Gasteiger partial charge < -0.3 is 19.3 Å². The summed E-state index contributed by atoms with van der Waals surface area (Å²) < 4.78 is 18.0. The maximum Gasteiger partial charge on any atom is 0.338 e. The van der Waals surface area contributed by atoms with Crippen LogP contribution in [-0.2, 0) is 9.53 Å². The minimum absolute atomic E-state index is 0.00455. The van der Waals surface area contributed by atoms with Gasteiger partial charge in [0.2, 0.25) is 0 Å². The summed E-state index contributed by atoms with van der Waals surface area (Å²) in [5.74, 6) is 0.427. The van der Waals surface area contributed by atoms with Crippen molar-refractivity contribution in [1.29, 1.82) is 0 Å². The van der Waals surface area contributed by atoms with Crippen molar-refractivity contribution in [3.8, 4) is 17.2 Å². The van der Waals surface area contributed by atoms with Crippen LogP contribution in [0.5, 0.6) is 17.2 Å². The van der Waals surface area contributed by atoms with Crippen molar-refractivity contribution >= 4 is 23.4 Å². The van der Waals surface area contributed by atoms with Crippen molar-refractivity contribution in [2.45, 2.75) is 19.9 Å². The number of hydrogen-bond donors (Lipinski definition) is 1. The van der Waals surface area contributed by atoms with Gasteiger partial charge in [-0.2, -0.15) is 0 Å². The summed E-state index contributed by atoms with van der Waals surface area (Å²) in [6, 6.07) is 11.4. The van der Waals surface area contributed by atoms with Crippen molar-refractivity contribution in [2.24, 2.45) is 4.99 Å². The summed E-state index contributed by atoms with van der Waals surface area (Å²) in [4.78, 5) is 31.8. The second kappa shape index (κ2) is 10.7. The quantitative estimate of drug-likeness (QED) is 0.372. The average Bonchev–Trinajstić information content (AvgIpc) is 3.17. The van der Waals surface area contributed by atoms with E-state index in [1.807, 2.05) is 19.1 Å². The normalized spacial score (nSPS) is 15.2. The second-order valence-electron chi connectivity index (χ2n) is 7.90. The van der Waals surface area contributed by atoms with Gasteiger partial charge in [0.1, 0.15) is 12.4 Å². The number of methoxy groups -OCH3 is 1. The number of rotatable bonds is 8. The number of aromatic hydroxyl groups is 1. The number of fused-ring (bicyclic) bond motifs is 1. The fourth-order valence-electron chi connectivity index (χ4n) is 3.96. The second-order valence-corrected chi connectivity index (χ2v) is 8.91. The van der Waals surface area contributed by atoms with Crippen molar-refractivity contribution in [3.63, 3.8) is 0 Å². The Morgan fingerprint density at radius 2 is 2.00 bits per heavy atom. The van der Waals surface area contributed by atoms with Gasteiger partial charge in [-0.25, -0.2) is 9.79 Å². The fraction of sp³-hybridized carbons (Fsp3) is 0.222. The molecule has 1 aromatic heterocycles. The summed E-state index contributed by atoms with van der Waals surface area (Å²) in [5, 5.41) is 9.89. The van der Waals surface area contributed by atoms with Gasteiger partial charge in [0.25, 0.3) is 5.56 Å². The first kappa shape index (κ1) is 25.0. The number of phenolic OH excluding ortho intramolecular Hbond substituents is 1. The fourth-order valence-corrected chi connectivity index (χ4v) is 5.01. The van der Waals surface area contributed by atoms with E-state index in [9.17, 15) is 14.7 Å². The van der Waals surface area contributed by atoms with E-state index in [4.69, 9.17) is 14.2 Å². The van der Waals surface area contributed by atoms with Gasteiger partial charge in [-0.05, 0) is 55.3 Å². The third kappa shape index (κ3) is 4.83. The Morgan fingerprint density at radius 1 is 1.25 bits per heavy atom. The van der Waals surface area contributed by atoms with E-state index in [0.29, 0.717) is 38.7 Å². The number of hydrogen-bond acceptors (Lipinski definition) is 8. The molecule has 0 fully saturated rings. The Balaban J connectivity index is 1.89. The molecule has 186 valence electrons. The monoisotopic (exact) mass is 506 g/mol. The molecule has 0 radical (unpaired) electrons. The average molecular weight is 507 g/mol. The van der Waals surface area contributed by atoms with Gasteiger partial charge >= 0.3 is 5.97 Å². The molecule has 1 aliphatic heterocycles. The summed E-state index contributed by atoms with van der Waals surface area (Å²) in [5.41, 5.74) is 1.85. The first-order valence-corrected chi connectivity index (χ1v) is 12.1. The largest absolute Gasteiger partial charge is 0.504 e. The van der Waals surface area contributed by atoms with Crippen LogP contribution >= 0.6 is 11.3 Å². The number of phenols is 1. The zero-order valence-corrected chi connectivity index (χ0v) is 21.0.